The molecule has 144 valence electrons. The van der Waals surface area contributed by atoms with E-state index in [-0.39, 0.29) is 31.8 Å². The molecule has 1 amide bonds. The Balaban J connectivity index is 1.62. The smallest absolute Gasteiger partial charge is 0.335 e. The lowest BCUT2D eigenvalue weighted by Crippen LogP contribution is -2.50. The fourth-order valence-electron chi connectivity index (χ4n) is 3.79. The monoisotopic (exact) mass is 378 g/mol. The molecule has 0 bridgehead atoms. The van der Waals surface area contributed by atoms with Gasteiger partial charge in [-0.3, -0.25) is 4.79 Å². The van der Waals surface area contributed by atoms with E-state index in [0.29, 0.717) is 12.1 Å². The molecule has 1 aromatic heterocycles. The number of aliphatic carboxylic acids is 1. The Morgan fingerprint density at radius 1 is 0.964 bits per heavy atom. The molecule has 0 spiro atoms. The first kappa shape index (κ1) is 18.3. The molecule has 1 fully saturated rings. The summed E-state index contributed by atoms with van der Waals surface area (Å²) in [6.45, 7) is 1.10. The summed E-state index contributed by atoms with van der Waals surface area (Å²) in [5, 5.41) is 20.2. The maximum atomic E-state index is 13.1. The number of carbonyl (C=O) groups excluding carboxylic acids is 1. The van der Waals surface area contributed by atoms with Crippen molar-refractivity contribution in [3.05, 3.63) is 71.9 Å². The quantitative estimate of drug-likeness (QED) is 0.731. The van der Waals surface area contributed by atoms with Gasteiger partial charge in [0.1, 0.15) is 0 Å². The Bertz CT molecular complexity index is 1020. The number of piperidine rings is 1. The van der Waals surface area contributed by atoms with Crippen LogP contribution in [0.15, 0.2) is 60.8 Å². The molecule has 1 aliphatic heterocycles. The van der Waals surface area contributed by atoms with Gasteiger partial charge in [-0.25, -0.2) is 4.79 Å². The highest BCUT2D eigenvalue weighted by Gasteiger charge is 2.40. The van der Waals surface area contributed by atoms with E-state index in [2.05, 4.69) is 4.57 Å². The minimum atomic E-state index is -1.74. The third-order valence-electron chi connectivity index (χ3n) is 5.49. The predicted octanol–water partition coefficient (Wildman–Crippen LogP) is 2.74. The van der Waals surface area contributed by atoms with Crippen molar-refractivity contribution >= 4 is 22.8 Å². The van der Waals surface area contributed by atoms with Crippen molar-refractivity contribution in [1.29, 1.82) is 0 Å². The molecule has 1 saturated heterocycles. The number of hydrogen-bond donors (Lipinski definition) is 2. The molecule has 1 aliphatic rings. The number of fused-ring (bicyclic) bond motifs is 1. The first-order chi connectivity index (χ1) is 13.5. The Morgan fingerprint density at radius 2 is 1.61 bits per heavy atom. The van der Waals surface area contributed by atoms with Crippen LogP contribution in [0.2, 0.25) is 0 Å². The lowest BCUT2D eigenvalue weighted by Gasteiger charge is -2.35. The molecule has 6 nitrogen and oxygen atoms in total. The number of carboxylic acid groups (broad SMARTS) is 1. The number of para-hydroxylation sites is 1. The molecule has 0 saturated carbocycles. The van der Waals surface area contributed by atoms with Crippen LogP contribution >= 0.6 is 0 Å². The first-order valence-electron chi connectivity index (χ1n) is 9.35. The highest BCUT2D eigenvalue weighted by atomic mass is 16.4. The fraction of sp³-hybridized carbons (Fsp3) is 0.273. The van der Waals surface area contributed by atoms with Gasteiger partial charge in [-0.05, 0) is 11.6 Å². The number of carboxylic acids is 1. The SMILES string of the molecule is O=C(c1cn(Cc2ccccc2)c2ccccc12)N1CCC(O)(C(=O)O)CC1. The van der Waals surface area contributed by atoms with Crippen molar-refractivity contribution < 1.29 is 19.8 Å². The summed E-state index contributed by atoms with van der Waals surface area (Å²) in [7, 11) is 0. The van der Waals surface area contributed by atoms with E-state index in [4.69, 9.17) is 5.11 Å². The standard InChI is InChI=1S/C22H22N2O4/c25-20(23-12-10-22(28,11-13-23)21(26)27)18-15-24(14-16-6-2-1-3-7-16)19-9-5-4-8-17(18)19/h1-9,15,28H,10-14H2,(H,26,27). The van der Waals surface area contributed by atoms with Gasteiger partial charge in [0.2, 0.25) is 0 Å². The number of benzene rings is 2. The molecule has 2 N–H and O–H groups in total. The Morgan fingerprint density at radius 3 is 2.29 bits per heavy atom. The molecule has 3 aromatic rings. The van der Waals surface area contributed by atoms with Crippen molar-refractivity contribution in [2.24, 2.45) is 0 Å². The van der Waals surface area contributed by atoms with Crippen molar-refractivity contribution in [3.8, 4) is 0 Å². The van der Waals surface area contributed by atoms with Crippen LogP contribution in [0.4, 0.5) is 0 Å². The largest absolute Gasteiger partial charge is 0.479 e. The lowest BCUT2D eigenvalue weighted by atomic mass is 9.91. The molecular formula is C22H22N2O4. The van der Waals surface area contributed by atoms with Gasteiger partial charge in [0.25, 0.3) is 5.91 Å². The Labute approximate surface area is 162 Å². The average Bonchev–Trinajstić information content (AvgIpc) is 3.07. The summed E-state index contributed by atoms with van der Waals surface area (Å²) in [4.78, 5) is 26.0. The van der Waals surface area contributed by atoms with Crippen LogP contribution in [0.5, 0.6) is 0 Å². The summed E-state index contributed by atoms with van der Waals surface area (Å²) >= 11 is 0. The van der Waals surface area contributed by atoms with Gasteiger partial charge in [0.15, 0.2) is 5.60 Å². The van der Waals surface area contributed by atoms with Crippen molar-refractivity contribution in [2.45, 2.75) is 25.0 Å². The summed E-state index contributed by atoms with van der Waals surface area (Å²) in [5.74, 6) is -1.35. The fourth-order valence-corrected chi connectivity index (χ4v) is 3.79. The van der Waals surface area contributed by atoms with Crippen LogP contribution < -0.4 is 0 Å². The van der Waals surface area contributed by atoms with E-state index in [1.807, 2.05) is 60.8 Å². The van der Waals surface area contributed by atoms with Gasteiger partial charge >= 0.3 is 5.97 Å². The zero-order valence-electron chi connectivity index (χ0n) is 15.4. The third kappa shape index (κ3) is 3.27. The molecule has 28 heavy (non-hydrogen) atoms. The summed E-state index contributed by atoms with van der Waals surface area (Å²) in [5.41, 5.74) is 0.991. The highest BCUT2D eigenvalue weighted by molar-refractivity contribution is 6.07. The van der Waals surface area contributed by atoms with E-state index in [1.54, 1.807) is 4.90 Å². The van der Waals surface area contributed by atoms with Gasteiger partial charge in [0.05, 0.1) is 5.56 Å². The molecular weight excluding hydrogens is 356 g/mol. The zero-order valence-corrected chi connectivity index (χ0v) is 15.4. The number of aromatic nitrogens is 1. The number of amides is 1. The van der Waals surface area contributed by atoms with Gasteiger partial charge in [0, 0.05) is 49.6 Å². The molecule has 0 radical (unpaired) electrons. The molecule has 4 rings (SSSR count). The Kier molecular flexibility index (Phi) is 4.65. The zero-order chi connectivity index (χ0) is 19.7. The number of rotatable bonds is 4. The molecule has 0 unspecified atom stereocenters. The number of aliphatic hydroxyl groups is 1. The maximum absolute atomic E-state index is 13.1. The minimum absolute atomic E-state index is 0.0384. The van der Waals surface area contributed by atoms with E-state index >= 15 is 0 Å². The van der Waals surface area contributed by atoms with Crippen LogP contribution in [0.1, 0.15) is 28.8 Å². The van der Waals surface area contributed by atoms with E-state index < -0.39 is 11.6 Å². The third-order valence-corrected chi connectivity index (χ3v) is 5.49. The normalized spacial score (nSPS) is 16.2. The lowest BCUT2D eigenvalue weighted by molar-refractivity contribution is -0.162. The van der Waals surface area contributed by atoms with E-state index in [0.717, 1.165) is 16.5 Å². The Hall–Kier alpha value is -3.12. The second-order valence-electron chi connectivity index (χ2n) is 7.30. The van der Waals surface area contributed by atoms with Crippen LogP contribution in [0, 0.1) is 0 Å². The number of nitrogens with zero attached hydrogens (tertiary/aromatic N) is 2. The van der Waals surface area contributed by atoms with Gasteiger partial charge in [-0.2, -0.15) is 0 Å². The summed E-state index contributed by atoms with van der Waals surface area (Å²) < 4.78 is 2.06. The van der Waals surface area contributed by atoms with Crippen molar-refractivity contribution in [2.75, 3.05) is 13.1 Å². The van der Waals surface area contributed by atoms with Crippen LogP contribution in [0.3, 0.4) is 0 Å². The number of likely N-dealkylation sites (tertiary alicyclic amines) is 1. The van der Waals surface area contributed by atoms with Gasteiger partial charge in [-0.15, -0.1) is 0 Å². The molecule has 0 atom stereocenters. The number of carbonyl (C=O) groups is 2. The summed E-state index contributed by atoms with van der Waals surface area (Å²) in [6, 6.07) is 17.8. The molecule has 2 aromatic carbocycles. The average molecular weight is 378 g/mol. The van der Waals surface area contributed by atoms with Gasteiger partial charge < -0.3 is 19.7 Å². The van der Waals surface area contributed by atoms with E-state index in [9.17, 15) is 14.7 Å². The first-order valence-corrected chi connectivity index (χ1v) is 9.35. The molecule has 2 heterocycles. The second kappa shape index (κ2) is 7.13. The summed E-state index contributed by atoms with van der Waals surface area (Å²) in [6.07, 6.45) is 1.95. The molecule has 0 aliphatic carbocycles. The van der Waals surface area contributed by atoms with Crippen LogP contribution in [0.25, 0.3) is 10.9 Å². The predicted molar refractivity (Wildman–Crippen MR) is 105 cm³/mol. The minimum Gasteiger partial charge on any atom is -0.479 e. The van der Waals surface area contributed by atoms with Crippen LogP contribution in [-0.4, -0.2) is 50.2 Å². The second-order valence-corrected chi connectivity index (χ2v) is 7.30. The van der Waals surface area contributed by atoms with E-state index in [1.165, 1.54) is 0 Å². The highest BCUT2D eigenvalue weighted by Crippen LogP contribution is 2.27. The van der Waals surface area contributed by atoms with Crippen molar-refractivity contribution in [3.63, 3.8) is 0 Å². The van der Waals surface area contributed by atoms with Crippen molar-refractivity contribution in [1.82, 2.24) is 9.47 Å². The molecule has 6 heteroatoms. The maximum Gasteiger partial charge on any atom is 0.335 e. The van der Waals surface area contributed by atoms with Gasteiger partial charge in [-0.1, -0.05) is 48.5 Å². The number of hydrogen-bond acceptors (Lipinski definition) is 3. The topological polar surface area (TPSA) is 82.8 Å². The van der Waals surface area contributed by atoms with Crippen LogP contribution in [-0.2, 0) is 11.3 Å².